The second-order valence-corrected chi connectivity index (χ2v) is 4.80. The maximum absolute atomic E-state index is 10.9. The molecule has 20 heavy (non-hydrogen) atoms. The highest BCUT2D eigenvalue weighted by atomic mass is 16.5. The van der Waals surface area contributed by atoms with Crippen LogP contribution in [0.5, 0.6) is 0 Å². The zero-order valence-corrected chi connectivity index (χ0v) is 12.1. The fraction of sp³-hybridized carbons (Fsp3) is 0.562. The molecule has 1 N–H and O–H groups in total. The molecule has 0 saturated carbocycles. The standard InChI is InChI=1S/C16H24O4/c1-19-16(18)10-6-5-9-15(17)11-12-20-13-14-7-3-2-4-8-14/h2-4,7-8,15,17H,5-6,9-13H2,1H3/t15-/m1/s1. The van der Waals surface area contributed by atoms with Crippen LogP contribution in [-0.2, 0) is 20.9 Å². The monoisotopic (exact) mass is 280 g/mol. The van der Waals surface area contributed by atoms with Crippen LogP contribution in [0.3, 0.4) is 0 Å². The summed E-state index contributed by atoms with van der Waals surface area (Å²) in [6.07, 6.45) is 2.98. The van der Waals surface area contributed by atoms with Crippen molar-refractivity contribution in [2.75, 3.05) is 13.7 Å². The molecule has 0 heterocycles. The Bertz CT molecular complexity index is 364. The number of benzene rings is 1. The zero-order chi connectivity index (χ0) is 14.6. The van der Waals surface area contributed by atoms with E-state index in [0.717, 1.165) is 18.4 Å². The number of rotatable bonds is 10. The third kappa shape index (κ3) is 7.92. The first-order valence-electron chi connectivity index (χ1n) is 7.09. The molecule has 0 aliphatic carbocycles. The molecule has 0 amide bonds. The van der Waals surface area contributed by atoms with Crippen LogP contribution in [0, 0.1) is 0 Å². The Balaban J connectivity index is 1.97. The number of carbonyl (C=O) groups is 1. The largest absolute Gasteiger partial charge is 0.469 e. The van der Waals surface area contributed by atoms with Gasteiger partial charge in [-0.05, 0) is 24.8 Å². The minimum Gasteiger partial charge on any atom is -0.469 e. The Morgan fingerprint density at radius 3 is 2.65 bits per heavy atom. The van der Waals surface area contributed by atoms with Crippen LogP contribution in [-0.4, -0.2) is 30.9 Å². The van der Waals surface area contributed by atoms with Crippen LogP contribution in [0.2, 0.25) is 0 Å². The number of carbonyl (C=O) groups excluding carboxylic acids is 1. The number of methoxy groups -OCH3 is 1. The van der Waals surface area contributed by atoms with E-state index in [1.54, 1.807) is 0 Å². The molecule has 0 aliphatic heterocycles. The van der Waals surface area contributed by atoms with Crippen LogP contribution in [0.4, 0.5) is 0 Å². The van der Waals surface area contributed by atoms with Gasteiger partial charge in [0.05, 0.1) is 19.8 Å². The van der Waals surface area contributed by atoms with Crippen molar-refractivity contribution in [3.8, 4) is 0 Å². The van der Waals surface area contributed by atoms with E-state index in [4.69, 9.17) is 4.74 Å². The van der Waals surface area contributed by atoms with Crippen LogP contribution < -0.4 is 0 Å². The highest BCUT2D eigenvalue weighted by molar-refractivity contribution is 5.68. The van der Waals surface area contributed by atoms with Gasteiger partial charge in [0.2, 0.25) is 0 Å². The normalized spacial score (nSPS) is 12.1. The summed E-state index contributed by atoms with van der Waals surface area (Å²) >= 11 is 0. The van der Waals surface area contributed by atoms with E-state index < -0.39 is 0 Å². The second kappa shape index (κ2) is 10.4. The van der Waals surface area contributed by atoms with Crippen molar-refractivity contribution in [2.45, 2.75) is 44.8 Å². The van der Waals surface area contributed by atoms with Gasteiger partial charge in [-0.25, -0.2) is 0 Å². The third-order valence-corrected chi connectivity index (χ3v) is 3.10. The second-order valence-electron chi connectivity index (χ2n) is 4.80. The SMILES string of the molecule is COC(=O)CCCC[C@@H](O)CCOCc1ccccc1. The number of esters is 1. The molecule has 4 nitrogen and oxygen atoms in total. The van der Waals surface area contributed by atoms with E-state index >= 15 is 0 Å². The highest BCUT2D eigenvalue weighted by Crippen LogP contribution is 2.08. The van der Waals surface area contributed by atoms with E-state index in [0.29, 0.717) is 32.5 Å². The molecule has 0 radical (unpaired) electrons. The van der Waals surface area contributed by atoms with E-state index in [9.17, 15) is 9.90 Å². The minimum atomic E-state index is -0.358. The fourth-order valence-corrected chi connectivity index (χ4v) is 1.88. The van der Waals surface area contributed by atoms with Gasteiger partial charge in [-0.2, -0.15) is 0 Å². The average molecular weight is 280 g/mol. The Morgan fingerprint density at radius 2 is 1.95 bits per heavy atom. The summed E-state index contributed by atoms with van der Waals surface area (Å²) in [5, 5.41) is 9.77. The molecule has 1 aromatic rings. The lowest BCUT2D eigenvalue weighted by molar-refractivity contribution is -0.140. The zero-order valence-electron chi connectivity index (χ0n) is 12.1. The summed E-state index contributed by atoms with van der Waals surface area (Å²) in [4.78, 5) is 10.9. The lowest BCUT2D eigenvalue weighted by Crippen LogP contribution is -2.11. The fourth-order valence-electron chi connectivity index (χ4n) is 1.88. The molecule has 0 fully saturated rings. The molecule has 0 spiro atoms. The molecule has 4 heteroatoms. The van der Waals surface area contributed by atoms with Gasteiger partial charge in [0.1, 0.15) is 0 Å². The van der Waals surface area contributed by atoms with Crippen molar-refractivity contribution in [3.05, 3.63) is 35.9 Å². The number of hydrogen-bond acceptors (Lipinski definition) is 4. The van der Waals surface area contributed by atoms with Gasteiger partial charge < -0.3 is 14.6 Å². The van der Waals surface area contributed by atoms with Gasteiger partial charge in [-0.1, -0.05) is 36.8 Å². The topological polar surface area (TPSA) is 55.8 Å². The predicted octanol–water partition coefficient (Wildman–Crippen LogP) is 2.69. The summed E-state index contributed by atoms with van der Waals surface area (Å²) in [5.41, 5.74) is 1.14. The van der Waals surface area contributed by atoms with Gasteiger partial charge in [0.25, 0.3) is 0 Å². The van der Waals surface area contributed by atoms with Gasteiger partial charge >= 0.3 is 5.97 Å². The van der Waals surface area contributed by atoms with Crippen LogP contribution in [0.25, 0.3) is 0 Å². The smallest absolute Gasteiger partial charge is 0.305 e. The first-order chi connectivity index (χ1) is 9.72. The van der Waals surface area contributed by atoms with Gasteiger partial charge in [0.15, 0.2) is 0 Å². The van der Waals surface area contributed by atoms with Gasteiger partial charge in [-0.3, -0.25) is 4.79 Å². The predicted molar refractivity (Wildman–Crippen MR) is 77.2 cm³/mol. The van der Waals surface area contributed by atoms with Gasteiger partial charge in [-0.15, -0.1) is 0 Å². The molecule has 0 unspecified atom stereocenters. The lowest BCUT2D eigenvalue weighted by atomic mass is 10.1. The van der Waals surface area contributed by atoms with Crippen LogP contribution >= 0.6 is 0 Å². The van der Waals surface area contributed by atoms with Crippen LogP contribution in [0.1, 0.15) is 37.7 Å². The van der Waals surface area contributed by atoms with E-state index in [1.807, 2.05) is 30.3 Å². The Morgan fingerprint density at radius 1 is 1.20 bits per heavy atom. The molecule has 0 aliphatic rings. The van der Waals surface area contributed by atoms with Crippen molar-refractivity contribution < 1.29 is 19.4 Å². The summed E-state index contributed by atoms with van der Waals surface area (Å²) in [6.45, 7) is 1.13. The molecule has 0 bridgehead atoms. The summed E-state index contributed by atoms with van der Waals surface area (Å²) in [5.74, 6) is -0.189. The first kappa shape index (κ1) is 16.7. The molecule has 112 valence electrons. The Kier molecular flexibility index (Phi) is 8.67. The van der Waals surface area contributed by atoms with Crippen molar-refractivity contribution in [2.24, 2.45) is 0 Å². The molecular formula is C16H24O4. The highest BCUT2D eigenvalue weighted by Gasteiger charge is 2.05. The summed E-state index contributed by atoms with van der Waals surface area (Å²) < 4.78 is 10.1. The maximum atomic E-state index is 10.9. The molecular weight excluding hydrogens is 256 g/mol. The number of aliphatic hydroxyl groups excluding tert-OH is 1. The quantitative estimate of drug-likeness (QED) is 0.529. The molecule has 1 aromatic carbocycles. The van der Waals surface area contributed by atoms with Crippen molar-refractivity contribution in [1.29, 1.82) is 0 Å². The number of aliphatic hydroxyl groups is 1. The Hall–Kier alpha value is -1.39. The Labute approximate surface area is 120 Å². The molecule has 0 aromatic heterocycles. The van der Waals surface area contributed by atoms with Crippen LogP contribution in [0.15, 0.2) is 30.3 Å². The summed E-state index contributed by atoms with van der Waals surface area (Å²) in [7, 11) is 1.39. The van der Waals surface area contributed by atoms with Crippen molar-refractivity contribution in [3.63, 3.8) is 0 Å². The third-order valence-electron chi connectivity index (χ3n) is 3.10. The molecule has 1 atom stereocenters. The molecule has 1 rings (SSSR count). The van der Waals surface area contributed by atoms with E-state index in [2.05, 4.69) is 4.74 Å². The van der Waals surface area contributed by atoms with E-state index in [-0.39, 0.29) is 12.1 Å². The van der Waals surface area contributed by atoms with Crippen molar-refractivity contribution >= 4 is 5.97 Å². The lowest BCUT2D eigenvalue weighted by Gasteiger charge is -2.10. The average Bonchev–Trinajstić information content (AvgIpc) is 2.49. The maximum Gasteiger partial charge on any atom is 0.305 e. The molecule has 0 saturated heterocycles. The van der Waals surface area contributed by atoms with Gasteiger partial charge in [0, 0.05) is 13.0 Å². The van der Waals surface area contributed by atoms with Crippen molar-refractivity contribution in [1.82, 2.24) is 0 Å². The number of ether oxygens (including phenoxy) is 2. The van der Waals surface area contributed by atoms with E-state index in [1.165, 1.54) is 7.11 Å². The summed E-state index contributed by atoms with van der Waals surface area (Å²) in [6, 6.07) is 9.97. The minimum absolute atomic E-state index is 0.189. The first-order valence-corrected chi connectivity index (χ1v) is 7.09. The number of hydrogen-bond donors (Lipinski definition) is 1. The number of unbranched alkanes of at least 4 members (excludes halogenated alkanes) is 1.